The van der Waals surface area contributed by atoms with Crippen molar-refractivity contribution in [1.29, 1.82) is 0 Å². The Bertz CT molecular complexity index is 897. The van der Waals surface area contributed by atoms with E-state index in [-0.39, 0.29) is 5.91 Å². The predicted molar refractivity (Wildman–Crippen MR) is 106 cm³/mol. The Morgan fingerprint density at radius 3 is 2.08 bits per heavy atom. The molecule has 4 aliphatic rings. The van der Waals surface area contributed by atoms with Crippen LogP contribution < -0.4 is 5.32 Å². The number of rotatable bonds is 3. The minimum Gasteiger partial charge on any atom is -0.326 e. The van der Waals surface area contributed by atoms with Crippen LogP contribution in [0.25, 0.3) is 0 Å². The van der Waals surface area contributed by atoms with Crippen LogP contribution in [-0.2, 0) is 36.9 Å². The van der Waals surface area contributed by atoms with E-state index in [1.807, 2.05) is 30.3 Å². The standard InChI is InChI=1S/C24H23NO/c26-24(17-20-4-2-1-3-5-20)25-23-16-21-11-10-18-6-8-19(9-7-18)12-14-22(23)15-13-21/h1-9,13,15-16H,10-12,14,17H2,(H,25,26). The molecule has 0 fully saturated rings. The second-order valence-electron chi connectivity index (χ2n) is 7.02. The van der Waals surface area contributed by atoms with Crippen molar-refractivity contribution in [2.75, 3.05) is 5.32 Å². The molecule has 0 atom stereocenters. The smallest absolute Gasteiger partial charge is 0.228 e. The fourth-order valence-electron chi connectivity index (χ4n) is 3.53. The van der Waals surface area contributed by atoms with Gasteiger partial charge in [0.25, 0.3) is 0 Å². The summed E-state index contributed by atoms with van der Waals surface area (Å²) < 4.78 is 0. The summed E-state index contributed by atoms with van der Waals surface area (Å²) in [6, 6.07) is 25.4. The zero-order chi connectivity index (χ0) is 17.8. The van der Waals surface area contributed by atoms with Crippen molar-refractivity contribution in [3.05, 3.63) is 101 Å². The van der Waals surface area contributed by atoms with Gasteiger partial charge in [-0.1, -0.05) is 66.7 Å². The molecule has 26 heavy (non-hydrogen) atoms. The van der Waals surface area contributed by atoms with E-state index in [1.54, 1.807) is 0 Å². The van der Waals surface area contributed by atoms with Crippen LogP contribution in [0.3, 0.4) is 0 Å². The maximum absolute atomic E-state index is 12.5. The van der Waals surface area contributed by atoms with Crippen LogP contribution in [0.4, 0.5) is 5.69 Å². The lowest BCUT2D eigenvalue weighted by Gasteiger charge is -2.15. The van der Waals surface area contributed by atoms with Crippen molar-refractivity contribution in [2.45, 2.75) is 32.1 Å². The lowest BCUT2D eigenvalue weighted by molar-refractivity contribution is -0.115. The van der Waals surface area contributed by atoms with Crippen molar-refractivity contribution < 1.29 is 4.79 Å². The third kappa shape index (κ3) is 4.02. The molecule has 0 heterocycles. The molecule has 3 aromatic carbocycles. The van der Waals surface area contributed by atoms with E-state index >= 15 is 0 Å². The van der Waals surface area contributed by atoms with Crippen LogP contribution in [0, 0.1) is 0 Å². The van der Waals surface area contributed by atoms with E-state index in [0.717, 1.165) is 36.9 Å². The van der Waals surface area contributed by atoms with Crippen molar-refractivity contribution in [3.8, 4) is 0 Å². The van der Waals surface area contributed by atoms with E-state index in [0.29, 0.717) is 6.42 Å². The number of hydrogen-bond donors (Lipinski definition) is 1. The van der Waals surface area contributed by atoms with Crippen molar-refractivity contribution >= 4 is 11.6 Å². The molecule has 0 radical (unpaired) electrons. The molecule has 0 unspecified atom stereocenters. The Kier molecular flexibility index (Phi) is 4.83. The second kappa shape index (κ2) is 7.57. The van der Waals surface area contributed by atoms with Gasteiger partial charge in [-0.15, -0.1) is 0 Å². The van der Waals surface area contributed by atoms with Gasteiger partial charge in [0.15, 0.2) is 0 Å². The summed E-state index contributed by atoms with van der Waals surface area (Å²) in [6.07, 6.45) is 4.34. The van der Waals surface area contributed by atoms with Crippen LogP contribution in [-0.4, -0.2) is 5.91 Å². The summed E-state index contributed by atoms with van der Waals surface area (Å²) in [5.41, 5.74) is 7.20. The van der Waals surface area contributed by atoms with Crippen LogP contribution in [0.1, 0.15) is 27.8 Å². The highest BCUT2D eigenvalue weighted by molar-refractivity contribution is 5.93. The molecule has 2 nitrogen and oxygen atoms in total. The molecular formula is C24H23NO. The highest BCUT2D eigenvalue weighted by Gasteiger charge is 2.11. The molecular weight excluding hydrogens is 318 g/mol. The molecule has 1 N–H and O–H groups in total. The normalized spacial score (nSPS) is 13.1. The number of amides is 1. The first-order valence-electron chi connectivity index (χ1n) is 9.30. The first-order chi connectivity index (χ1) is 12.8. The number of carbonyl (C=O) groups excluding carboxylic acids is 1. The molecule has 7 rings (SSSR count). The van der Waals surface area contributed by atoms with Gasteiger partial charge < -0.3 is 5.32 Å². The third-order valence-corrected chi connectivity index (χ3v) is 5.06. The summed E-state index contributed by atoms with van der Waals surface area (Å²) in [5, 5.41) is 3.16. The summed E-state index contributed by atoms with van der Waals surface area (Å²) in [7, 11) is 0. The lowest BCUT2D eigenvalue weighted by Crippen LogP contribution is -2.16. The molecule has 1 amide bonds. The van der Waals surface area contributed by atoms with Crippen LogP contribution >= 0.6 is 0 Å². The van der Waals surface area contributed by atoms with Crippen LogP contribution in [0.15, 0.2) is 72.8 Å². The molecule has 4 bridgehead atoms. The Morgan fingerprint density at radius 2 is 1.35 bits per heavy atom. The van der Waals surface area contributed by atoms with E-state index in [1.165, 1.54) is 22.3 Å². The van der Waals surface area contributed by atoms with E-state index in [2.05, 4.69) is 47.8 Å². The Balaban J connectivity index is 1.55. The number of hydrogen-bond acceptors (Lipinski definition) is 1. The first-order valence-corrected chi connectivity index (χ1v) is 9.30. The third-order valence-electron chi connectivity index (χ3n) is 5.06. The summed E-state index contributed by atoms with van der Waals surface area (Å²) in [6.45, 7) is 0. The van der Waals surface area contributed by atoms with Gasteiger partial charge in [0.2, 0.25) is 5.91 Å². The van der Waals surface area contributed by atoms with Gasteiger partial charge in [0, 0.05) is 5.69 Å². The predicted octanol–water partition coefficient (Wildman–Crippen LogP) is 4.75. The number of anilines is 1. The molecule has 0 aliphatic heterocycles. The fraction of sp³-hybridized carbons (Fsp3) is 0.208. The van der Waals surface area contributed by atoms with Gasteiger partial charge >= 0.3 is 0 Å². The molecule has 3 aromatic rings. The summed E-state index contributed by atoms with van der Waals surface area (Å²) in [5.74, 6) is 0.0463. The second-order valence-corrected chi connectivity index (χ2v) is 7.02. The molecule has 0 spiro atoms. The topological polar surface area (TPSA) is 29.1 Å². The molecule has 2 heteroatoms. The van der Waals surface area contributed by atoms with Crippen LogP contribution in [0.2, 0.25) is 0 Å². The van der Waals surface area contributed by atoms with Gasteiger partial charge in [0.1, 0.15) is 0 Å². The van der Waals surface area contributed by atoms with E-state index < -0.39 is 0 Å². The number of benzene rings is 3. The summed E-state index contributed by atoms with van der Waals surface area (Å²) >= 11 is 0. The maximum atomic E-state index is 12.5. The summed E-state index contributed by atoms with van der Waals surface area (Å²) in [4.78, 5) is 12.5. The van der Waals surface area contributed by atoms with E-state index in [9.17, 15) is 4.79 Å². The van der Waals surface area contributed by atoms with Gasteiger partial charge in [-0.05, 0) is 59.6 Å². The van der Waals surface area contributed by atoms with Crippen molar-refractivity contribution in [1.82, 2.24) is 0 Å². The zero-order valence-corrected chi connectivity index (χ0v) is 14.9. The molecule has 0 saturated heterocycles. The Hall–Kier alpha value is -2.87. The monoisotopic (exact) mass is 341 g/mol. The fourth-order valence-corrected chi connectivity index (χ4v) is 3.53. The quantitative estimate of drug-likeness (QED) is 0.732. The van der Waals surface area contributed by atoms with Gasteiger partial charge in [-0.3, -0.25) is 4.79 Å². The highest BCUT2D eigenvalue weighted by atomic mass is 16.1. The number of nitrogens with one attached hydrogen (secondary N) is 1. The maximum Gasteiger partial charge on any atom is 0.228 e. The lowest BCUT2D eigenvalue weighted by atomic mass is 9.95. The highest BCUT2D eigenvalue weighted by Crippen LogP contribution is 2.23. The average molecular weight is 341 g/mol. The van der Waals surface area contributed by atoms with Gasteiger partial charge in [-0.2, -0.15) is 0 Å². The zero-order valence-electron chi connectivity index (χ0n) is 14.9. The number of carbonyl (C=O) groups is 1. The van der Waals surface area contributed by atoms with Gasteiger partial charge in [-0.25, -0.2) is 0 Å². The SMILES string of the molecule is O=C(Cc1ccccc1)Nc1cc2ccc1CCc1ccc(cc1)CC2. The van der Waals surface area contributed by atoms with Crippen molar-refractivity contribution in [3.63, 3.8) is 0 Å². The molecule has 0 aromatic heterocycles. The number of aryl methyl sites for hydroxylation is 4. The molecule has 130 valence electrons. The van der Waals surface area contributed by atoms with E-state index in [4.69, 9.17) is 0 Å². The average Bonchev–Trinajstić information content (AvgIpc) is 2.65. The Labute approximate surface area is 154 Å². The van der Waals surface area contributed by atoms with Gasteiger partial charge in [0.05, 0.1) is 6.42 Å². The van der Waals surface area contributed by atoms with Crippen molar-refractivity contribution in [2.24, 2.45) is 0 Å². The minimum absolute atomic E-state index is 0.0463. The largest absolute Gasteiger partial charge is 0.326 e. The molecule has 4 aliphatic carbocycles. The molecule has 0 saturated carbocycles. The minimum atomic E-state index is 0.0463. The first kappa shape index (κ1) is 16.6. The Morgan fingerprint density at radius 1 is 0.731 bits per heavy atom. The van der Waals surface area contributed by atoms with Crippen LogP contribution in [0.5, 0.6) is 0 Å².